The van der Waals surface area contributed by atoms with Gasteiger partial charge >= 0.3 is 7.82 Å². The maximum atomic E-state index is 9.65. The van der Waals surface area contributed by atoms with Crippen LogP contribution >= 0.6 is 19.6 Å². The Morgan fingerprint density at radius 1 is 0.778 bits per heavy atom. The van der Waals surface area contributed by atoms with Crippen LogP contribution in [-0.2, 0) is 11.0 Å². The van der Waals surface area contributed by atoms with Gasteiger partial charge < -0.3 is 24.5 Å². The second-order valence-electron chi connectivity index (χ2n) is 9.42. The minimum Gasteiger partial charge on any atom is -0.487 e. The third-order valence-corrected chi connectivity index (χ3v) is 7.23. The summed E-state index contributed by atoms with van der Waals surface area (Å²) in [6.45, 7) is 4.52. The van der Waals surface area contributed by atoms with E-state index in [2.05, 4.69) is 19.9 Å². The van der Waals surface area contributed by atoms with Gasteiger partial charge in [0, 0.05) is 5.75 Å². The van der Waals surface area contributed by atoms with Gasteiger partial charge in [-0.25, -0.2) is 4.57 Å². The number of unbranched alkanes of at least 4 members (excludes halogenated alkanes) is 14. The molecule has 0 bridgehead atoms. The molecule has 0 saturated carbocycles. The van der Waals surface area contributed by atoms with E-state index in [1.807, 2.05) is 30.0 Å². The Bertz CT molecular complexity index is 646. The van der Waals surface area contributed by atoms with Crippen molar-refractivity contribution in [2.75, 3.05) is 18.1 Å². The zero-order valence-electron chi connectivity index (χ0n) is 22.8. The Hall–Kier alpha value is -0.560. The fourth-order valence-electron chi connectivity index (χ4n) is 4.00. The largest absolute Gasteiger partial charge is 0.487 e. The van der Waals surface area contributed by atoms with Gasteiger partial charge in [-0.3, -0.25) is 0 Å². The van der Waals surface area contributed by atoms with Crippen molar-refractivity contribution in [3.8, 4) is 5.75 Å². The number of hydrogen-bond acceptors (Lipinski definition) is 4. The number of aliphatic hydroxyl groups excluding tert-OH is 1. The van der Waals surface area contributed by atoms with Gasteiger partial charge in [-0.15, -0.1) is 0 Å². The van der Waals surface area contributed by atoms with Gasteiger partial charge in [0.2, 0.25) is 0 Å². The van der Waals surface area contributed by atoms with Crippen LogP contribution in [0.4, 0.5) is 0 Å². The number of aliphatic hydroxyl groups is 1. The third kappa shape index (κ3) is 25.1. The van der Waals surface area contributed by atoms with Crippen LogP contribution in [0.1, 0.15) is 116 Å². The maximum absolute atomic E-state index is 9.65. The number of hydrogen-bond donors (Lipinski definition) is 4. The lowest BCUT2D eigenvalue weighted by molar-refractivity contribution is 0.132. The van der Waals surface area contributed by atoms with E-state index in [9.17, 15) is 5.11 Å². The molecule has 4 N–H and O–H groups in total. The molecular formula is C28H53O6PS. The summed E-state index contributed by atoms with van der Waals surface area (Å²) in [5.74, 6) is 2.97. The molecule has 0 spiro atoms. The summed E-state index contributed by atoms with van der Waals surface area (Å²) in [6.07, 6.45) is 22.0. The van der Waals surface area contributed by atoms with Crippen LogP contribution in [-0.4, -0.2) is 44.0 Å². The zero-order valence-corrected chi connectivity index (χ0v) is 24.5. The molecular weight excluding hydrogens is 495 g/mol. The van der Waals surface area contributed by atoms with Gasteiger partial charge in [0.25, 0.3) is 0 Å². The Labute approximate surface area is 224 Å². The molecule has 0 amide bonds. The molecule has 0 aliphatic carbocycles. The lowest BCUT2D eigenvalue weighted by atomic mass is 10.0. The topological polar surface area (TPSA) is 107 Å². The van der Waals surface area contributed by atoms with Crippen molar-refractivity contribution >= 4 is 19.6 Å². The first-order valence-electron chi connectivity index (χ1n) is 14.0. The first kappa shape index (κ1) is 35.4. The fourth-order valence-corrected chi connectivity index (χ4v) is 5.02. The van der Waals surface area contributed by atoms with Crippen LogP contribution in [0.5, 0.6) is 5.75 Å². The van der Waals surface area contributed by atoms with E-state index in [1.165, 1.54) is 108 Å². The Morgan fingerprint density at radius 3 is 1.67 bits per heavy atom. The predicted octanol–water partition coefficient (Wildman–Crippen LogP) is 7.66. The summed E-state index contributed by atoms with van der Waals surface area (Å²) >= 11 is 1.92. The van der Waals surface area contributed by atoms with Crippen molar-refractivity contribution in [3.05, 3.63) is 29.8 Å². The number of phosphoric acid groups is 1. The molecule has 1 unspecified atom stereocenters. The highest BCUT2D eigenvalue weighted by atomic mass is 32.2. The van der Waals surface area contributed by atoms with Crippen molar-refractivity contribution in [1.82, 2.24) is 0 Å². The van der Waals surface area contributed by atoms with Gasteiger partial charge in [0.05, 0.1) is 6.61 Å². The molecule has 212 valence electrons. The lowest BCUT2D eigenvalue weighted by Gasteiger charge is -2.18. The van der Waals surface area contributed by atoms with E-state index in [0.29, 0.717) is 0 Å². The maximum Gasteiger partial charge on any atom is 0.466 e. The minimum absolute atomic E-state index is 0.0872. The van der Waals surface area contributed by atoms with Gasteiger partial charge in [0.1, 0.15) is 11.9 Å². The first-order valence-corrected chi connectivity index (χ1v) is 16.7. The second kappa shape index (κ2) is 24.8. The van der Waals surface area contributed by atoms with Crippen LogP contribution in [0.15, 0.2) is 24.3 Å². The fraction of sp³-hybridized carbons (Fsp3) is 0.786. The number of aryl methyl sites for hydroxylation is 1. The average molecular weight is 549 g/mol. The van der Waals surface area contributed by atoms with Crippen LogP contribution in [0.3, 0.4) is 0 Å². The summed E-state index contributed by atoms with van der Waals surface area (Å²) in [5, 5.41) is 9.65. The van der Waals surface area contributed by atoms with Crippen molar-refractivity contribution in [1.29, 1.82) is 0 Å². The van der Waals surface area contributed by atoms with E-state index in [-0.39, 0.29) is 12.7 Å². The third-order valence-electron chi connectivity index (χ3n) is 6.05. The van der Waals surface area contributed by atoms with Crippen LogP contribution in [0, 0.1) is 0 Å². The summed E-state index contributed by atoms with van der Waals surface area (Å²) in [5.41, 5.74) is 1.22. The quantitative estimate of drug-likeness (QED) is 0.0870. The van der Waals surface area contributed by atoms with Crippen LogP contribution in [0.2, 0.25) is 0 Å². The molecule has 1 rings (SSSR count). The van der Waals surface area contributed by atoms with Gasteiger partial charge in [-0.05, 0) is 30.2 Å². The normalized spacial score (nSPS) is 12.2. The molecule has 0 saturated heterocycles. The lowest BCUT2D eigenvalue weighted by Crippen LogP contribution is -2.24. The highest BCUT2D eigenvalue weighted by Gasteiger charge is 2.11. The molecule has 0 radical (unpaired) electrons. The molecule has 36 heavy (non-hydrogen) atoms. The molecule has 1 aromatic carbocycles. The van der Waals surface area contributed by atoms with Crippen LogP contribution in [0.25, 0.3) is 0 Å². The average Bonchev–Trinajstić information content (AvgIpc) is 2.84. The molecule has 0 aliphatic rings. The highest BCUT2D eigenvalue weighted by molar-refractivity contribution is 7.99. The minimum atomic E-state index is -4.64. The Balaban J connectivity index is 0.00000222. The summed E-state index contributed by atoms with van der Waals surface area (Å²) in [4.78, 5) is 21.6. The smallest absolute Gasteiger partial charge is 0.466 e. The molecule has 0 fully saturated rings. The van der Waals surface area contributed by atoms with Crippen LogP contribution < -0.4 is 4.74 Å². The summed E-state index contributed by atoms with van der Waals surface area (Å²) in [6, 6.07) is 8.17. The second-order valence-corrected chi connectivity index (χ2v) is 11.6. The standard InChI is InChI=1S/C28H50O2S.H3O4P/c1-3-5-6-7-8-9-10-11-12-13-14-15-16-17-20-23-31-25-27(24-29)30-28-22-19-18-21-26(28)4-2;1-5(2,3)4/h18-19,21-22,27,29H,3-17,20,23-25H2,1-2H3;(H3,1,2,3,4). The highest BCUT2D eigenvalue weighted by Crippen LogP contribution is 2.26. The molecule has 0 aliphatic heterocycles. The SMILES string of the molecule is CCCCCCCCCCCCCCCCCSCC(CO)Oc1ccccc1CC.O=P(O)(O)O. The molecule has 1 aromatic rings. The monoisotopic (exact) mass is 548 g/mol. The Kier molecular flexibility index (Phi) is 24.4. The van der Waals surface area contributed by atoms with E-state index in [1.54, 1.807) is 0 Å². The van der Waals surface area contributed by atoms with E-state index >= 15 is 0 Å². The summed E-state index contributed by atoms with van der Waals surface area (Å²) in [7, 11) is -4.64. The van der Waals surface area contributed by atoms with Crippen molar-refractivity contribution < 1.29 is 29.1 Å². The number of para-hydroxylation sites is 1. The van der Waals surface area contributed by atoms with Gasteiger partial charge in [0.15, 0.2) is 0 Å². The van der Waals surface area contributed by atoms with Crippen molar-refractivity contribution in [2.24, 2.45) is 0 Å². The number of benzene rings is 1. The molecule has 0 heterocycles. The first-order chi connectivity index (χ1) is 17.3. The summed E-state index contributed by atoms with van der Waals surface area (Å²) < 4.78 is 14.9. The molecule has 1 atom stereocenters. The predicted molar refractivity (Wildman–Crippen MR) is 154 cm³/mol. The number of rotatable bonds is 22. The van der Waals surface area contributed by atoms with Crippen molar-refractivity contribution in [3.63, 3.8) is 0 Å². The zero-order chi connectivity index (χ0) is 26.9. The van der Waals surface area contributed by atoms with Crippen molar-refractivity contribution in [2.45, 2.75) is 123 Å². The molecule has 0 aromatic heterocycles. The molecule has 6 nitrogen and oxygen atoms in total. The number of ether oxygens (including phenoxy) is 1. The van der Waals surface area contributed by atoms with E-state index < -0.39 is 7.82 Å². The molecule has 8 heteroatoms. The number of thioether (sulfide) groups is 1. The van der Waals surface area contributed by atoms with Gasteiger partial charge in [-0.2, -0.15) is 11.8 Å². The van der Waals surface area contributed by atoms with E-state index in [0.717, 1.165) is 17.9 Å². The van der Waals surface area contributed by atoms with Gasteiger partial charge in [-0.1, -0.05) is 122 Å². The Morgan fingerprint density at radius 2 is 1.22 bits per heavy atom. The van der Waals surface area contributed by atoms with E-state index in [4.69, 9.17) is 24.0 Å².